The minimum Gasteiger partial charge on any atom is -0.490 e. The lowest BCUT2D eigenvalue weighted by Crippen LogP contribution is -2.66. The fourth-order valence-corrected chi connectivity index (χ4v) is 5.04. The average Bonchev–Trinajstić information content (AvgIpc) is 2.95. The number of piperazine rings is 1. The number of amides is 1. The third-order valence-corrected chi connectivity index (χ3v) is 6.72. The molecular weight excluding hydrogens is 522 g/mol. The van der Waals surface area contributed by atoms with Gasteiger partial charge in [-0.15, -0.1) is 0 Å². The van der Waals surface area contributed by atoms with E-state index in [2.05, 4.69) is 10.3 Å². The van der Waals surface area contributed by atoms with Gasteiger partial charge >= 0.3 is 0 Å². The van der Waals surface area contributed by atoms with Crippen LogP contribution in [0.3, 0.4) is 0 Å². The summed E-state index contributed by atoms with van der Waals surface area (Å²) in [6, 6.07) is 6.33. The minimum absolute atomic E-state index is 0.111. The van der Waals surface area contributed by atoms with Crippen LogP contribution in [0.5, 0.6) is 23.0 Å². The Morgan fingerprint density at radius 2 is 2.07 bits per heavy atom. The second-order valence-electron chi connectivity index (χ2n) is 10.7. The van der Waals surface area contributed by atoms with Gasteiger partial charge in [0.25, 0.3) is 5.91 Å². The summed E-state index contributed by atoms with van der Waals surface area (Å²) >= 11 is 0. The lowest BCUT2D eigenvalue weighted by Gasteiger charge is -2.51. The molecule has 0 aliphatic carbocycles. The van der Waals surface area contributed by atoms with Crippen LogP contribution in [0.1, 0.15) is 54.0 Å². The molecule has 3 heterocycles. The van der Waals surface area contributed by atoms with Crippen molar-refractivity contribution in [1.82, 2.24) is 14.9 Å². The zero-order valence-electron chi connectivity index (χ0n) is 29.8. The highest BCUT2D eigenvalue weighted by molar-refractivity contribution is 5.93. The fraction of sp³-hybridized carbons (Fsp3) is 0.516. The van der Waals surface area contributed by atoms with Gasteiger partial charge in [0.1, 0.15) is 12.4 Å². The van der Waals surface area contributed by atoms with Crippen LogP contribution in [0.2, 0.25) is 0 Å². The number of carbonyl (C=O) groups is 1. The molecule has 0 spiro atoms. The second kappa shape index (κ2) is 11.1. The largest absolute Gasteiger partial charge is 0.490 e. The highest BCUT2D eigenvalue weighted by Crippen LogP contribution is 2.39. The molecule has 2 aliphatic heterocycles. The van der Waals surface area contributed by atoms with Crippen LogP contribution >= 0.6 is 0 Å². The average molecular weight is 569 g/mol. The number of fused-ring (bicyclic) bond motifs is 2. The molecule has 3 aromatic rings. The molecule has 1 fully saturated rings. The van der Waals surface area contributed by atoms with Gasteiger partial charge in [-0.1, -0.05) is 12.1 Å². The third kappa shape index (κ3) is 5.52. The van der Waals surface area contributed by atoms with E-state index in [-0.39, 0.29) is 18.7 Å². The van der Waals surface area contributed by atoms with Crippen LogP contribution in [0.15, 0.2) is 30.3 Å². The molecule has 2 aliphatic rings. The summed E-state index contributed by atoms with van der Waals surface area (Å²) in [6.45, 7) is 6.25. The van der Waals surface area contributed by atoms with E-state index in [1.807, 2.05) is 33.8 Å². The van der Waals surface area contributed by atoms with E-state index in [4.69, 9.17) is 23.9 Å². The molecule has 1 amide bonds. The van der Waals surface area contributed by atoms with Crippen LogP contribution in [0, 0.1) is 6.92 Å². The Bertz CT molecular complexity index is 1640. The van der Waals surface area contributed by atoms with Gasteiger partial charge < -0.3 is 34.1 Å². The smallest absolute Gasteiger partial charge is 0.267 e. The SMILES string of the molecule is [2H]C1([2H])N(C(=O)C2COc3c(C)cccc3O2)C([2H])([2H])C(C)(C)N(c2nc(NC)c3cc(OCC)c(OC(C)C)cc3n2)C1([2H])C. The first kappa shape index (κ1) is 22.7. The molecule has 41 heavy (non-hydrogen) atoms. The van der Waals surface area contributed by atoms with Gasteiger partial charge in [0.2, 0.25) is 12.1 Å². The highest BCUT2D eigenvalue weighted by Gasteiger charge is 2.44. The number of rotatable bonds is 7. The van der Waals surface area contributed by atoms with Crippen molar-refractivity contribution in [2.75, 3.05) is 43.5 Å². The molecule has 5 rings (SSSR count). The summed E-state index contributed by atoms with van der Waals surface area (Å²) in [4.78, 5) is 25.1. The molecule has 0 saturated carbocycles. The number of hydrogen-bond donors (Lipinski definition) is 1. The molecule has 2 aromatic carbocycles. The molecule has 2 atom stereocenters. The zero-order chi connectivity index (χ0) is 34.0. The Morgan fingerprint density at radius 1 is 1.29 bits per heavy atom. The van der Waals surface area contributed by atoms with E-state index < -0.39 is 36.6 Å². The molecule has 1 N–H and O–H groups in total. The molecule has 0 radical (unpaired) electrons. The van der Waals surface area contributed by atoms with Crippen LogP contribution in [0.25, 0.3) is 10.9 Å². The minimum atomic E-state index is -2.91. The predicted octanol–water partition coefficient (Wildman–Crippen LogP) is 4.82. The number of nitrogens with one attached hydrogen (secondary N) is 1. The Kier molecular flexibility index (Phi) is 6.17. The van der Waals surface area contributed by atoms with E-state index in [0.29, 0.717) is 51.2 Å². The van der Waals surface area contributed by atoms with E-state index in [0.717, 1.165) is 5.56 Å². The molecule has 0 bridgehead atoms. The van der Waals surface area contributed by atoms with E-state index in [1.165, 1.54) is 25.7 Å². The van der Waals surface area contributed by atoms with Gasteiger partial charge in [-0.3, -0.25) is 4.79 Å². The van der Waals surface area contributed by atoms with Crippen LogP contribution in [-0.2, 0) is 4.79 Å². The van der Waals surface area contributed by atoms with Crippen LogP contribution in [-0.4, -0.2) is 77.8 Å². The van der Waals surface area contributed by atoms with Crippen molar-refractivity contribution in [3.8, 4) is 23.0 Å². The van der Waals surface area contributed by atoms with Crippen LogP contribution < -0.4 is 29.2 Å². The molecule has 1 aromatic heterocycles. The van der Waals surface area contributed by atoms with Crippen molar-refractivity contribution in [2.24, 2.45) is 0 Å². The van der Waals surface area contributed by atoms with Crippen molar-refractivity contribution in [3.05, 3.63) is 35.9 Å². The Balaban J connectivity index is 1.62. The zero-order valence-corrected chi connectivity index (χ0v) is 24.8. The van der Waals surface area contributed by atoms with Gasteiger partial charge in [0.15, 0.2) is 23.0 Å². The summed E-state index contributed by atoms with van der Waals surface area (Å²) in [6.07, 6.45) is -1.51. The summed E-state index contributed by atoms with van der Waals surface area (Å²) in [5, 5.41) is 3.62. The summed E-state index contributed by atoms with van der Waals surface area (Å²) in [7, 11) is 1.66. The molecular formula is C31H41N5O5. The number of aryl methyl sites for hydroxylation is 1. The first-order valence-corrected chi connectivity index (χ1v) is 13.8. The first-order valence-electron chi connectivity index (χ1n) is 16.3. The standard InChI is InChI=1S/C31H41N5O5/c1-9-38-24-13-21-22(14-25(24)40-18(2)3)33-30(34-28(21)32-8)36-20(5)15-35(17-31(36,6)7)29(37)26-16-39-27-19(4)11-10-12-23(27)41-26/h10-14,18,20,26H,9,15-17H2,1-8H3,(H,32,33,34)/i15D2,17D2,20D. The molecule has 10 heteroatoms. The number of anilines is 2. The molecule has 1 saturated heterocycles. The lowest BCUT2D eigenvalue weighted by molar-refractivity contribution is -0.143. The van der Waals surface area contributed by atoms with Crippen molar-refractivity contribution >= 4 is 28.6 Å². The molecule has 220 valence electrons. The van der Waals surface area contributed by atoms with Gasteiger partial charge in [-0.2, -0.15) is 4.98 Å². The normalized spacial score (nSPS) is 25.9. The Morgan fingerprint density at radius 3 is 2.78 bits per heavy atom. The van der Waals surface area contributed by atoms with Crippen molar-refractivity contribution in [1.29, 1.82) is 0 Å². The van der Waals surface area contributed by atoms with Crippen molar-refractivity contribution in [3.63, 3.8) is 0 Å². The number of ether oxygens (including phenoxy) is 4. The maximum atomic E-state index is 14.1. The number of benzene rings is 2. The predicted molar refractivity (Wildman–Crippen MR) is 160 cm³/mol. The van der Waals surface area contributed by atoms with E-state index in [9.17, 15) is 11.6 Å². The lowest BCUT2D eigenvalue weighted by atomic mass is 9.95. The number of para-hydroxylation sites is 1. The Labute approximate surface area is 249 Å². The van der Waals surface area contributed by atoms with Gasteiger partial charge in [-0.25, -0.2) is 4.98 Å². The summed E-state index contributed by atoms with van der Waals surface area (Å²) in [5.74, 6) is 0.963. The van der Waals surface area contributed by atoms with Crippen LogP contribution in [0.4, 0.5) is 11.8 Å². The second-order valence-corrected chi connectivity index (χ2v) is 10.7. The number of hydrogen-bond acceptors (Lipinski definition) is 9. The first-order chi connectivity index (χ1) is 21.4. The van der Waals surface area contributed by atoms with Crippen molar-refractivity contribution in [2.45, 2.75) is 72.2 Å². The van der Waals surface area contributed by atoms with E-state index >= 15 is 0 Å². The van der Waals surface area contributed by atoms with Gasteiger partial charge in [-0.05, 0) is 66.2 Å². The van der Waals surface area contributed by atoms with Gasteiger partial charge in [0, 0.05) is 37.5 Å². The summed E-state index contributed by atoms with van der Waals surface area (Å²) in [5.41, 5.74) is -0.534. The third-order valence-electron chi connectivity index (χ3n) is 6.72. The fourth-order valence-electron chi connectivity index (χ4n) is 5.04. The maximum Gasteiger partial charge on any atom is 0.267 e. The van der Waals surface area contributed by atoms with Gasteiger partial charge in [0.05, 0.1) is 30.6 Å². The maximum absolute atomic E-state index is 14.1. The monoisotopic (exact) mass is 568 g/mol. The topological polar surface area (TPSA) is 98.3 Å². The quantitative estimate of drug-likeness (QED) is 0.430. The highest BCUT2D eigenvalue weighted by atomic mass is 16.6. The Hall–Kier alpha value is -3.95. The summed E-state index contributed by atoms with van der Waals surface area (Å²) < 4.78 is 69.9. The molecule has 10 nitrogen and oxygen atoms in total. The molecule has 2 unspecified atom stereocenters. The van der Waals surface area contributed by atoms with E-state index in [1.54, 1.807) is 31.3 Å². The number of carbonyl (C=O) groups excluding carboxylic acids is 1. The van der Waals surface area contributed by atoms with Crippen molar-refractivity contribution < 1.29 is 30.6 Å². The number of nitrogens with zero attached hydrogens (tertiary/aromatic N) is 4. The number of aromatic nitrogens is 2.